The van der Waals surface area contributed by atoms with Crippen molar-refractivity contribution in [2.45, 2.75) is 38.1 Å². The molecule has 1 fully saturated rings. The lowest BCUT2D eigenvalue weighted by atomic mass is 9.83. The van der Waals surface area contributed by atoms with Crippen LogP contribution in [0, 0.1) is 5.92 Å². The lowest BCUT2D eigenvalue weighted by molar-refractivity contribution is 0.318. The fourth-order valence-electron chi connectivity index (χ4n) is 3.14. The third-order valence-electron chi connectivity index (χ3n) is 4.93. The average Bonchev–Trinajstić information content (AvgIpc) is 3.44. The molecule has 1 aliphatic rings. The van der Waals surface area contributed by atoms with Gasteiger partial charge in [0.05, 0.1) is 0 Å². The molecule has 1 heteroatoms. The summed E-state index contributed by atoms with van der Waals surface area (Å²) in [4.78, 5) is 0. The lowest BCUT2D eigenvalue weighted by Gasteiger charge is -2.34. The van der Waals surface area contributed by atoms with Gasteiger partial charge in [0.1, 0.15) is 0 Å². The normalized spacial score (nSPS) is 17.3. The van der Waals surface area contributed by atoms with Crippen molar-refractivity contribution in [2.24, 2.45) is 5.92 Å². The molecule has 1 atom stereocenters. The van der Waals surface area contributed by atoms with Gasteiger partial charge in [0.15, 0.2) is 0 Å². The fourth-order valence-corrected chi connectivity index (χ4v) is 3.14. The molecular formula is C22H27N. The quantitative estimate of drug-likeness (QED) is 0.689. The van der Waals surface area contributed by atoms with Gasteiger partial charge in [-0.2, -0.15) is 0 Å². The minimum absolute atomic E-state index is 0.0507. The van der Waals surface area contributed by atoms with E-state index in [1.807, 2.05) is 0 Å². The van der Waals surface area contributed by atoms with E-state index in [2.05, 4.69) is 85.1 Å². The topological polar surface area (TPSA) is 12.0 Å². The van der Waals surface area contributed by atoms with E-state index >= 15 is 0 Å². The summed E-state index contributed by atoms with van der Waals surface area (Å²) in [6.45, 7) is 3.44. The van der Waals surface area contributed by atoms with Crippen molar-refractivity contribution in [3.63, 3.8) is 0 Å². The molecule has 0 aromatic heterocycles. The Hall–Kier alpha value is -1.86. The Morgan fingerprint density at radius 1 is 1.00 bits per heavy atom. The number of benzene rings is 2. The van der Waals surface area contributed by atoms with Gasteiger partial charge in [0, 0.05) is 5.54 Å². The molecule has 0 aliphatic heterocycles. The second kappa shape index (κ2) is 7.61. The van der Waals surface area contributed by atoms with Crippen LogP contribution in [0.1, 0.15) is 43.7 Å². The second-order valence-corrected chi connectivity index (χ2v) is 6.64. The van der Waals surface area contributed by atoms with Gasteiger partial charge in [-0.15, -0.1) is 0 Å². The minimum Gasteiger partial charge on any atom is -0.307 e. The van der Waals surface area contributed by atoms with E-state index in [1.165, 1.54) is 24.0 Å². The molecule has 23 heavy (non-hydrogen) atoms. The highest BCUT2D eigenvalue weighted by Gasteiger charge is 2.31. The number of rotatable bonds is 8. The van der Waals surface area contributed by atoms with E-state index in [-0.39, 0.29) is 5.54 Å². The maximum Gasteiger partial charge on any atom is 0.0467 e. The maximum atomic E-state index is 3.90. The van der Waals surface area contributed by atoms with Crippen molar-refractivity contribution >= 4 is 6.08 Å². The molecule has 120 valence electrons. The summed E-state index contributed by atoms with van der Waals surface area (Å²) in [5.74, 6) is 0.891. The van der Waals surface area contributed by atoms with Crippen molar-refractivity contribution in [3.8, 4) is 0 Å². The van der Waals surface area contributed by atoms with E-state index < -0.39 is 0 Å². The SMILES string of the molecule is CC[C@](C/C=C/c1ccccc1)(NCC1CC1)c1ccccc1. The van der Waals surface area contributed by atoms with Gasteiger partial charge >= 0.3 is 0 Å². The summed E-state index contributed by atoms with van der Waals surface area (Å²) in [5.41, 5.74) is 2.73. The first-order valence-corrected chi connectivity index (χ1v) is 8.84. The van der Waals surface area contributed by atoms with E-state index in [9.17, 15) is 0 Å². The van der Waals surface area contributed by atoms with Gasteiger partial charge in [-0.1, -0.05) is 79.7 Å². The third-order valence-corrected chi connectivity index (χ3v) is 4.93. The average molecular weight is 305 g/mol. The molecule has 1 nitrogen and oxygen atoms in total. The fraction of sp³-hybridized carbons (Fsp3) is 0.364. The van der Waals surface area contributed by atoms with Crippen LogP contribution < -0.4 is 5.32 Å². The number of hydrogen-bond donors (Lipinski definition) is 1. The summed E-state index contributed by atoms with van der Waals surface area (Å²) in [5, 5.41) is 3.90. The van der Waals surface area contributed by atoms with Gasteiger partial charge in [-0.05, 0) is 49.3 Å². The first-order valence-electron chi connectivity index (χ1n) is 8.84. The zero-order valence-electron chi connectivity index (χ0n) is 14.0. The van der Waals surface area contributed by atoms with Crippen LogP contribution in [0.3, 0.4) is 0 Å². The summed E-state index contributed by atoms with van der Waals surface area (Å²) < 4.78 is 0. The molecule has 0 heterocycles. The lowest BCUT2D eigenvalue weighted by Crippen LogP contribution is -2.42. The van der Waals surface area contributed by atoms with Crippen LogP contribution in [0.2, 0.25) is 0 Å². The molecule has 0 amide bonds. The van der Waals surface area contributed by atoms with Crippen molar-refractivity contribution in [3.05, 3.63) is 77.9 Å². The number of hydrogen-bond acceptors (Lipinski definition) is 1. The van der Waals surface area contributed by atoms with Gasteiger partial charge in [0.25, 0.3) is 0 Å². The van der Waals surface area contributed by atoms with Crippen LogP contribution in [0.4, 0.5) is 0 Å². The monoisotopic (exact) mass is 305 g/mol. The van der Waals surface area contributed by atoms with E-state index in [4.69, 9.17) is 0 Å². The first kappa shape index (κ1) is 16.0. The van der Waals surface area contributed by atoms with Crippen molar-refractivity contribution in [2.75, 3.05) is 6.54 Å². The summed E-state index contributed by atoms with van der Waals surface area (Å²) in [7, 11) is 0. The second-order valence-electron chi connectivity index (χ2n) is 6.64. The molecule has 1 aliphatic carbocycles. The van der Waals surface area contributed by atoms with Crippen molar-refractivity contribution in [1.82, 2.24) is 5.32 Å². The predicted molar refractivity (Wildman–Crippen MR) is 99.2 cm³/mol. The van der Waals surface area contributed by atoms with Gasteiger partial charge in [0.2, 0.25) is 0 Å². The van der Waals surface area contributed by atoms with E-state index in [1.54, 1.807) is 0 Å². The third kappa shape index (κ3) is 4.33. The van der Waals surface area contributed by atoms with Crippen LogP contribution in [0.15, 0.2) is 66.7 Å². The highest BCUT2D eigenvalue weighted by atomic mass is 15.0. The molecule has 0 radical (unpaired) electrons. The Labute approximate surface area is 140 Å². The predicted octanol–water partition coefficient (Wildman–Crippen LogP) is 5.40. The highest BCUT2D eigenvalue weighted by molar-refractivity contribution is 5.49. The molecular weight excluding hydrogens is 278 g/mol. The summed E-state index contributed by atoms with van der Waals surface area (Å²) >= 11 is 0. The molecule has 1 saturated carbocycles. The smallest absolute Gasteiger partial charge is 0.0467 e. The Balaban J connectivity index is 1.77. The van der Waals surface area contributed by atoms with E-state index in [0.29, 0.717) is 0 Å². The Bertz CT molecular complexity index is 613. The molecule has 3 rings (SSSR count). The van der Waals surface area contributed by atoms with Gasteiger partial charge < -0.3 is 5.32 Å². The Morgan fingerprint density at radius 3 is 2.26 bits per heavy atom. The van der Waals surface area contributed by atoms with Crippen LogP contribution in [-0.2, 0) is 5.54 Å². The van der Waals surface area contributed by atoms with Gasteiger partial charge in [-0.3, -0.25) is 0 Å². The van der Waals surface area contributed by atoms with Crippen molar-refractivity contribution < 1.29 is 0 Å². The summed E-state index contributed by atoms with van der Waals surface area (Å²) in [6, 6.07) is 21.5. The standard InChI is InChI=1S/C22H27N/c1-2-22(23-18-20-15-16-20,21-13-7-4-8-14-21)17-9-12-19-10-5-3-6-11-19/h3-14,20,23H,2,15-18H2,1H3/b12-9+/t22-/m1/s1. The highest BCUT2D eigenvalue weighted by Crippen LogP contribution is 2.33. The first-order chi connectivity index (χ1) is 11.3. The molecule has 1 N–H and O–H groups in total. The molecule has 0 unspecified atom stereocenters. The molecule has 0 spiro atoms. The molecule has 0 bridgehead atoms. The van der Waals surface area contributed by atoms with Crippen LogP contribution in [0.5, 0.6) is 0 Å². The van der Waals surface area contributed by atoms with Gasteiger partial charge in [-0.25, -0.2) is 0 Å². The molecule has 0 saturated heterocycles. The number of nitrogens with one attached hydrogen (secondary N) is 1. The maximum absolute atomic E-state index is 3.90. The van der Waals surface area contributed by atoms with E-state index in [0.717, 1.165) is 25.3 Å². The molecule has 2 aromatic rings. The molecule has 2 aromatic carbocycles. The zero-order valence-corrected chi connectivity index (χ0v) is 14.0. The Kier molecular flexibility index (Phi) is 5.30. The Morgan fingerprint density at radius 2 is 1.65 bits per heavy atom. The van der Waals surface area contributed by atoms with Crippen LogP contribution in [0.25, 0.3) is 6.08 Å². The van der Waals surface area contributed by atoms with Crippen LogP contribution >= 0.6 is 0 Å². The zero-order chi connectivity index (χ0) is 16.0. The largest absolute Gasteiger partial charge is 0.307 e. The van der Waals surface area contributed by atoms with Crippen molar-refractivity contribution in [1.29, 1.82) is 0 Å². The minimum atomic E-state index is 0.0507. The summed E-state index contributed by atoms with van der Waals surface area (Å²) in [6.07, 6.45) is 9.47. The van der Waals surface area contributed by atoms with Crippen LogP contribution in [-0.4, -0.2) is 6.54 Å².